The van der Waals surface area contributed by atoms with E-state index in [1.54, 1.807) is 0 Å². The van der Waals surface area contributed by atoms with Crippen LogP contribution in [-0.4, -0.2) is 47.5 Å². The second-order valence-corrected chi connectivity index (χ2v) is 3.73. The number of hydrogen-bond acceptors (Lipinski definition) is 4. The second kappa shape index (κ2) is 2.47. The van der Waals surface area contributed by atoms with E-state index in [4.69, 9.17) is 0 Å². The number of carbonyl (C=O) groups is 2. The van der Waals surface area contributed by atoms with E-state index < -0.39 is 0 Å². The zero-order valence-corrected chi connectivity index (χ0v) is 7.69. The highest BCUT2D eigenvalue weighted by atomic mass is 16.1. The van der Waals surface area contributed by atoms with Crippen LogP contribution >= 0.6 is 0 Å². The highest BCUT2D eigenvalue weighted by molar-refractivity contribution is 6.19. The molecule has 0 aromatic carbocycles. The molecule has 0 aromatic heterocycles. The van der Waals surface area contributed by atoms with Gasteiger partial charge in [-0.15, -0.1) is 0 Å². The van der Waals surface area contributed by atoms with Crippen molar-refractivity contribution in [1.29, 1.82) is 0 Å². The third-order valence-corrected chi connectivity index (χ3v) is 2.60. The van der Waals surface area contributed by atoms with Crippen molar-refractivity contribution in [3.63, 3.8) is 0 Å². The van der Waals surface area contributed by atoms with Crippen LogP contribution in [0, 0.1) is 0 Å². The summed E-state index contributed by atoms with van der Waals surface area (Å²) in [6.45, 7) is 3.61. The Morgan fingerprint density at radius 1 is 0.786 bits per heavy atom. The Kier molecular flexibility index (Phi) is 1.37. The highest BCUT2D eigenvalue weighted by Gasteiger charge is 2.37. The van der Waals surface area contributed by atoms with Crippen molar-refractivity contribution in [2.24, 2.45) is 0 Å². The predicted molar refractivity (Wildman–Crippen MR) is 49.3 cm³/mol. The molecule has 2 saturated heterocycles. The minimum absolute atomic E-state index is 0.0241. The average molecular weight is 190 g/mol. The summed E-state index contributed by atoms with van der Waals surface area (Å²) in [7, 11) is 0. The normalized spacial score (nSPS) is 24.9. The highest BCUT2D eigenvalue weighted by Crippen LogP contribution is 2.28. The first-order valence-corrected chi connectivity index (χ1v) is 4.78. The molecule has 2 aliphatic heterocycles. The van der Waals surface area contributed by atoms with Gasteiger partial charge in [-0.25, -0.2) is 0 Å². The van der Waals surface area contributed by atoms with Crippen molar-refractivity contribution in [3.8, 4) is 0 Å². The number of allylic oxidation sites excluding steroid dienone is 2. The largest absolute Gasteiger partial charge is 0.363 e. The monoisotopic (exact) mass is 190 g/mol. The Balaban J connectivity index is 2.07. The molecule has 1 aliphatic carbocycles. The van der Waals surface area contributed by atoms with Crippen molar-refractivity contribution in [3.05, 3.63) is 23.5 Å². The van der Waals surface area contributed by atoms with E-state index in [1.807, 2.05) is 9.80 Å². The Hall–Kier alpha value is -1.58. The van der Waals surface area contributed by atoms with Crippen LogP contribution in [-0.2, 0) is 9.59 Å². The topological polar surface area (TPSA) is 40.2 Å². The number of ketones is 2. The number of nitrogens with zero attached hydrogens (tertiary/aromatic N) is 2. The molecule has 72 valence electrons. The zero-order valence-electron chi connectivity index (χ0n) is 7.69. The lowest BCUT2D eigenvalue weighted by Gasteiger charge is -2.16. The average Bonchev–Trinajstić information content (AvgIpc) is 3.02. The summed E-state index contributed by atoms with van der Waals surface area (Å²) in [4.78, 5) is 27.1. The maximum absolute atomic E-state index is 11.6. The molecule has 0 atom stereocenters. The first-order chi connectivity index (χ1) is 6.77. The maximum atomic E-state index is 11.6. The van der Waals surface area contributed by atoms with Crippen LogP contribution in [0.25, 0.3) is 0 Å². The van der Waals surface area contributed by atoms with Gasteiger partial charge in [0.2, 0.25) is 11.6 Å². The lowest BCUT2D eigenvalue weighted by atomic mass is 10.1. The van der Waals surface area contributed by atoms with E-state index in [9.17, 15) is 9.59 Å². The molecule has 0 aromatic rings. The van der Waals surface area contributed by atoms with Gasteiger partial charge in [0, 0.05) is 26.2 Å². The Morgan fingerprint density at radius 2 is 1.14 bits per heavy atom. The fraction of sp³-hybridized carbons (Fsp3) is 0.400. The number of hydrogen-bond donors (Lipinski definition) is 0. The van der Waals surface area contributed by atoms with Crippen LogP contribution in [0.15, 0.2) is 23.5 Å². The van der Waals surface area contributed by atoms with E-state index in [1.165, 1.54) is 12.2 Å². The Morgan fingerprint density at radius 3 is 1.43 bits per heavy atom. The second-order valence-electron chi connectivity index (χ2n) is 3.73. The van der Waals surface area contributed by atoms with Gasteiger partial charge in [-0.05, 0) is 12.2 Å². The molecule has 3 aliphatic rings. The lowest BCUT2D eigenvalue weighted by molar-refractivity contribution is -0.116. The van der Waals surface area contributed by atoms with Crippen LogP contribution in [0.5, 0.6) is 0 Å². The summed E-state index contributed by atoms with van der Waals surface area (Å²) in [5.74, 6) is -0.0481. The van der Waals surface area contributed by atoms with Crippen molar-refractivity contribution >= 4 is 11.6 Å². The molecule has 4 nitrogen and oxygen atoms in total. The molecule has 14 heavy (non-hydrogen) atoms. The number of rotatable bonds is 2. The van der Waals surface area contributed by atoms with Gasteiger partial charge < -0.3 is 9.80 Å². The maximum Gasteiger partial charge on any atom is 0.204 e. The van der Waals surface area contributed by atoms with E-state index in [0.717, 1.165) is 26.2 Å². The minimum atomic E-state index is -0.0241. The molecular formula is C10H10N2O2. The van der Waals surface area contributed by atoms with E-state index in [0.29, 0.717) is 11.4 Å². The third-order valence-electron chi connectivity index (χ3n) is 2.60. The van der Waals surface area contributed by atoms with Gasteiger partial charge in [-0.3, -0.25) is 9.59 Å². The molecule has 2 heterocycles. The SMILES string of the molecule is O=C1C=CC(=O)C(N2CC2)=C1N1CC1. The van der Waals surface area contributed by atoms with Crippen LogP contribution in [0.4, 0.5) is 0 Å². The van der Waals surface area contributed by atoms with Crippen LogP contribution in [0.3, 0.4) is 0 Å². The Labute approximate surface area is 81.5 Å². The summed E-state index contributed by atoms with van der Waals surface area (Å²) in [5.41, 5.74) is 1.24. The first-order valence-electron chi connectivity index (χ1n) is 4.78. The van der Waals surface area contributed by atoms with Gasteiger partial charge in [0.15, 0.2) is 0 Å². The van der Waals surface area contributed by atoms with Gasteiger partial charge in [0.1, 0.15) is 11.4 Å². The van der Waals surface area contributed by atoms with Crippen molar-refractivity contribution in [1.82, 2.24) is 9.80 Å². The first kappa shape index (κ1) is 7.79. The quantitative estimate of drug-likeness (QED) is 0.436. The predicted octanol–water partition coefficient (Wildman–Crippen LogP) is -0.463. The van der Waals surface area contributed by atoms with Gasteiger partial charge in [0.25, 0.3) is 0 Å². The Bertz CT molecular complexity index is 351. The summed E-state index contributed by atoms with van der Waals surface area (Å²) >= 11 is 0. The van der Waals surface area contributed by atoms with Crippen molar-refractivity contribution in [2.45, 2.75) is 0 Å². The van der Waals surface area contributed by atoms with Crippen molar-refractivity contribution in [2.75, 3.05) is 26.2 Å². The van der Waals surface area contributed by atoms with Crippen LogP contribution in [0.1, 0.15) is 0 Å². The van der Waals surface area contributed by atoms with Crippen molar-refractivity contribution < 1.29 is 9.59 Å². The minimum Gasteiger partial charge on any atom is -0.363 e. The fourth-order valence-corrected chi connectivity index (χ4v) is 1.70. The summed E-state index contributed by atoms with van der Waals surface area (Å²) in [6.07, 6.45) is 2.76. The molecule has 2 fully saturated rings. The molecule has 0 bridgehead atoms. The zero-order chi connectivity index (χ0) is 9.71. The molecule has 0 unspecified atom stereocenters. The van der Waals surface area contributed by atoms with Crippen LogP contribution < -0.4 is 0 Å². The number of carbonyl (C=O) groups excluding carboxylic acids is 2. The fourth-order valence-electron chi connectivity index (χ4n) is 1.70. The smallest absolute Gasteiger partial charge is 0.204 e. The van der Waals surface area contributed by atoms with E-state index in [2.05, 4.69) is 0 Å². The molecule has 0 radical (unpaired) electrons. The summed E-state index contributed by atoms with van der Waals surface area (Å²) in [6, 6.07) is 0. The van der Waals surface area contributed by atoms with Gasteiger partial charge in [-0.1, -0.05) is 0 Å². The summed E-state index contributed by atoms with van der Waals surface area (Å²) in [5, 5.41) is 0. The van der Waals surface area contributed by atoms with Crippen LogP contribution in [0.2, 0.25) is 0 Å². The van der Waals surface area contributed by atoms with Gasteiger partial charge in [0.05, 0.1) is 0 Å². The molecule has 4 heteroatoms. The molecular weight excluding hydrogens is 180 g/mol. The molecule has 0 saturated carbocycles. The molecule has 0 amide bonds. The van der Waals surface area contributed by atoms with Gasteiger partial charge in [-0.2, -0.15) is 0 Å². The van der Waals surface area contributed by atoms with E-state index in [-0.39, 0.29) is 11.6 Å². The lowest BCUT2D eigenvalue weighted by Crippen LogP contribution is -2.23. The van der Waals surface area contributed by atoms with Gasteiger partial charge >= 0.3 is 0 Å². The molecule has 0 N–H and O–H groups in total. The standard InChI is InChI=1S/C10H10N2O2/c13-7-1-2-8(14)10(12-5-6-12)9(7)11-3-4-11/h1-2H,3-6H2. The summed E-state index contributed by atoms with van der Waals surface area (Å²) < 4.78 is 0. The molecule has 3 rings (SSSR count). The third kappa shape index (κ3) is 1.07. The van der Waals surface area contributed by atoms with E-state index >= 15 is 0 Å². The molecule has 0 spiro atoms.